The molecule has 46 heavy (non-hydrogen) atoms. The molecule has 0 saturated heterocycles. The molecule has 0 spiro atoms. The van der Waals surface area contributed by atoms with Crippen molar-refractivity contribution in [2.24, 2.45) is 0 Å². The van der Waals surface area contributed by atoms with E-state index in [4.69, 9.17) is 4.42 Å². The Bertz CT molecular complexity index is 2520. The number of para-hydroxylation sites is 1. The SMILES string of the molecule is c1ccc(-c2cccc(-c3sc(-c4cccc(-c5ccc6oc7ccccc7c6c5)c4-c4ccccc4)c4ccccc34)c2)cc1. The highest BCUT2D eigenvalue weighted by molar-refractivity contribution is 7.21. The summed E-state index contributed by atoms with van der Waals surface area (Å²) in [5.41, 5.74) is 11.6. The van der Waals surface area contributed by atoms with Gasteiger partial charge in [-0.1, -0.05) is 146 Å². The molecule has 0 fully saturated rings. The molecule has 0 amide bonds. The van der Waals surface area contributed by atoms with Crippen molar-refractivity contribution in [2.75, 3.05) is 0 Å². The second-order valence-corrected chi connectivity index (χ2v) is 12.7. The summed E-state index contributed by atoms with van der Waals surface area (Å²) >= 11 is 1.89. The van der Waals surface area contributed by atoms with Crippen molar-refractivity contribution in [1.29, 1.82) is 0 Å². The van der Waals surface area contributed by atoms with E-state index in [2.05, 4.69) is 158 Å². The number of fused-ring (bicyclic) bond motifs is 4. The van der Waals surface area contributed by atoms with Crippen molar-refractivity contribution in [3.63, 3.8) is 0 Å². The van der Waals surface area contributed by atoms with Gasteiger partial charge in [0.05, 0.1) is 0 Å². The Balaban J connectivity index is 1.28. The van der Waals surface area contributed by atoms with Crippen LogP contribution in [0.3, 0.4) is 0 Å². The summed E-state index contributed by atoms with van der Waals surface area (Å²) in [7, 11) is 0. The van der Waals surface area contributed by atoms with Gasteiger partial charge < -0.3 is 4.42 Å². The van der Waals surface area contributed by atoms with Crippen LogP contribution in [0.2, 0.25) is 0 Å². The highest BCUT2D eigenvalue weighted by atomic mass is 32.1. The van der Waals surface area contributed by atoms with E-state index in [1.54, 1.807) is 0 Å². The Morgan fingerprint density at radius 1 is 0.326 bits per heavy atom. The van der Waals surface area contributed by atoms with E-state index in [0.717, 1.165) is 21.9 Å². The predicted molar refractivity (Wildman–Crippen MR) is 196 cm³/mol. The molecule has 0 saturated carbocycles. The fourth-order valence-electron chi connectivity index (χ4n) is 6.77. The van der Waals surface area contributed by atoms with Crippen molar-refractivity contribution < 1.29 is 4.42 Å². The lowest BCUT2D eigenvalue weighted by atomic mass is 9.88. The molecule has 0 N–H and O–H groups in total. The minimum Gasteiger partial charge on any atom is -0.456 e. The standard InChI is InChI=1S/C44H28OS/c1-3-13-29(14-4-1)31-17-11-18-33(27-31)43-36-20-7-8-21-37(36)44(46-43)38-23-12-22-34(42(38)30-15-5-2-6-16-30)32-25-26-41-39(28-32)35-19-9-10-24-40(35)45-41/h1-28H. The van der Waals surface area contributed by atoms with E-state index >= 15 is 0 Å². The Labute approximate surface area is 271 Å². The summed E-state index contributed by atoms with van der Waals surface area (Å²) in [6.45, 7) is 0. The minimum atomic E-state index is 0.911. The molecule has 9 aromatic rings. The van der Waals surface area contributed by atoms with Crippen LogP contribution in [0.5, 0.6) is 0 Å². The van der Waals surface area contributed by atoms with Crippen LogP contribution in [0.1, 0.15) is 0 Å². The van der Waals surface area contributed by atoms with Gasteiger partial charge in [0.15, 0.2) is 0 Å². The summed E-state index contributed by atoms with van der Waals surface area (Å²) in [6.07, 6.45) is 0. The molecule has 7 aromatic carbocycles. The summed E-state index contributed by atoms with van der Waals surface area (Å²) in [4.78, 5) is 2.57. The van der Waals surface area contributed by atoms with E-state index in [1.807, 2.05) is 23.5 Å². The van der Waals surface area contributed by atoms with Crippen LogP contribution in [0, 0.1) is 0 Å². The molecule has 0 unspecified atom stereocenters. The number of benzene rings is 7. The van der Waals surface area contributed by atoms with Crippen LogP contribution in [0.4, 0.5) is 0 Å². The van der Waals surface area contributed by atoms with Crippen molar-refractivity contribution in [3.05, 3.63) is 170 Å². The Morgan fingerprint density at radius 2 is 0.913 bits per heavy atom. The van der Waals surface area contributed by atoms with E-state index in [-0.39, 0.29) is 0 Å². The normalized spacial score (nSPS) is 11.5. The predicted octanol–water partition coefficient (Wildman–Crippen LogP) is 13.1. The zero-order valence-corrected chi connectivity index (χ0v) is 25.8. The number of furan rings is 1. The first kappa shape index (κ1) is 26.7. The lowest BCUT2D eigenvalue weighted by Gasteiger charge is -2.16. The average Bonchev–Trinajstić information content (AvgIpc) is 3.71. The van der Waals surface area contributed by atoms with Gasteiger partial charge in [0.2, 0.25) is 0 Å². The van der Waals surface area contributed by atoms with E-state index in [0.29, 0.717) is 0 Å². The van der Waals surface area contributed by atoms with Crippen molar-refractivity contribution >= 4 is 44.0 Å². The molecular weight excluding hydrogens is 577 g/mol. The fraction of sp³-hybridized carbons (Fsp3) is 0. The fourth-order valence-corrected chi connectivity index (χ4v) is 8.07. The second-order valence-electron chi connectivity index (χ2n) is 11.7. The van der Waals surface area contributed by atoms with Gasteiger partial charge >= 0.3 is 0 Å². The summed E-state index contributed by atoms with van der Waals surface area (Å²) in [5.74, 6) is 0. The molecule has 1 nitrogen and oxygen atoms in total. The molecular formula is C44H28OS. The molecule has 0 aliphatic rings. The maximum absolute atomic E-state index is 6.18. The largest absolute Gasteiger partial charge is 0.456 e. The van der Waals surface area contributed by atoms with Crippen molar-refractivity contribution in [3.8, 4) is 54.3 Å². The highest BCUT2D eigenvalue weighted by Crippen LogP contribution is 2.49. The van der Waals surface area contributed by atoms with Gasteiger partial charge in [-0.2, -0.15) is 0 Å². The van der Waals surface area contributed by atoms with Gasteiger partial charge in [-0.15, -0.1) is 11.3 Å². The minimum absolute atomic E-state index is 0.911. The van der Waals surface area contributed by atoms with E-state index in [1.165, 1.54) is 65.0 Å². The molecule has 0 aliphatic heterocycles. The maximum Gasteiger partial charge on any atom is 0.135 e. The zero-order chi connectivity index (χ0) is 30.5. The summed E-state index contributed by atoms with van der Waals surface area (Å²) in [5, 5.41) is 4.84. The van der Waals surface area contributed by atoms with Crippen molar-refractivity contribution in [1.82, 2.24) is 0 Å². The summed E-state index contributed by atoms with van der Waals surface area (Å²) in [6, 6.07) is 60.9. The van der Waals surface area contributed by atoms with Gasteiger partial charge in [-0.05, 0) is 63.2 Å². The Hall–Kier alpha value is -5.70. The average molecular weight is 605 g/mol. The first-order chi connectivity index (χ1) is 22.8. The quantitative estimate of drug-likeness (QED) is 0.190. The molecule has 0 bridgehead atoms. The monoisotopic (exact) mass is 604 g/mol. The third-order valence-electron chi connectivity index (χ3n) is 8.91. The third-order valence-corrected chi connectivity index (χ3v) is 10.2. The van der Waals surface area contributed by atoms with Gasteiger partial charge in [0.25, 0.3) is 0 Å². The lowest BCUT2D eigenvalue weighted by Crippen LogP contribution is -1.89. The maximum atomic E-state index is 6.18. The van der Waals surface area contributed by atoms with Crippen LogP contribution in [0.25, 0.3) is 87.0 Å². The zero-order valence-electron chi connectivity index (χ0n) is 25.0. The molecule has 216 valence electrons. The van der Waals surface area contributed by atoms with Gasteiger partial charge in [-0.3, -0.25) is 0 Å². The van der Waals surface area contributed by atoms with Crippen LogP contribution < -0.4 is 0 Å². The van der Waals surface area contributed by atoms with E-state index < -0.39 is 0 Å². The molecule has 2 heterocycles. The number of hydrogen-bond donors (Lipinski definition) is 0. The third kappa shape index (κ3) is 4.46. The van der Waals surface area contributed by atoms with Crippen molar-refractivity contribution in [2.45, 2.75) is 0 Å². The summed E-state index contributed by atoms with van der Waals surface area (Å²) < 4.78 is 6.18. The van der Waals surface area contributed by atoms with Gasteiger partial charge in [0, 0.05) is 36.9 Å². The number of rotatable bonds is 5. The smallest absolute Gasteiger partial charge is 0.135 e. The Morgan fingerprint density at radius 3 is 1.72 bits per heavy atom. The van der Waals surface area contributed by atoms with Gasteiger partial charge in [0.1, 0.15) is 11.2 Å². The molecule has 0 atom stereocenters. The van der Waals surface area contributed by atoms with Crippen LogP contribution in [0.15, 0.2) is 174 Å². The van der Waals surface area contributed by atoms with Crippen LogP contribution >= 0.6 is 11.3 Å². The molecule has 2 aromatic heterocycles. The first-order valence-corrected chi connectivity index (χ1v) is 16.4. The molecule has 0 aliphatic carbocycles. The van der Waals surface area contributed by atoms with E-state index in [9.17, 15) is 0 Å². The molecule has 2 heteroatoms. The highest BCUT2D eigenvalue weighted by Gasteiger charge is 2.20. The molecule has 0 radical (unpaired) electrons. The van der Waals surface area contributed by atoms with Crippen LogP contribution in [-0.4, -0.2) is 0 Å². The lowest BCUT2D eigenvalue weighted by molar-refractivity contribution is 0.669. The topological polar surface area (TPSA) is 13.1 Å². The number of thiophene rings is 1. The Kier molecular flexibility index (Phi) is 6.40. The second kappa shape index (κ2) is 11.0. The first-order valence-electron chi connectivity index (χ1n) is 15.6. The molecule has 9 rings (SSSR count). The van der Waals surface area contributed by atoms with Gasteiger partial charge in [-0.25, -0.2) is 0 Å². The number of hydrogen-bond acceptors (Lipinski definition) is 2. The van der Waals surface area contributed by atoms with Crippen LogP contribution in [-0.2, 0) is 0 Å².